The zero-order valence-corrected chi connectivity index (χ0v) is 20.8. The first-order valence-corrected chi connectivity index (χ1v) is 12.4. The normalized spacial score (nSPS) is 19.3. The molecule has 2 aliphatic heterocycles. The van der Waals surface area contributed by atoms with Crippen LogP contribution in [0.2, 0.25) is 0 Å². The average Bonchev–Trinajstić information content (AvgIpc) is 3.44. The molecular formula is C26H29F3N6O2. The molecule has 2 atom stereocenters. The molecule has 3 aromatic rings. The molecule has 37 heavy (non-hydrogen) atoms. The lowest BCUT2D eigenvalue weighted by atomic mass is 10.0. The first kappa shape index (κ1) is 25.2. The van der Waals surface area contributed by atoms with Crippen molar-refractivity contribution < 1.29 is 22.7 Å². The number of aryl methyl sites for hydroxylation is 1. The van der Waals surface area contributed by atoms with Crippen molar-refractivity contribution in [2.24, 2.45) is 5.92 Å². The third-order valence-corrected chi connectivity index (χ3v) is 7.07. The molecule has 2 aliphatic rings. The number of anilines is 2. The summed E-state index contributed by atoms with van der Waals surface area (Å²) >= 11 is 0. The largest absolute Gasteiger partial charge is 0.416 e. The van der Waals surface area contributed by atoms with Crippen LogP contribution in [0.15, 0.2) is 36.5 Å². The minimum atomic E-state index is -4.41. The molecule has 0 spiro atoms. The first-order valence-electron chi connectivity index (χ1n) is 12.4. The van der Waals surface area contributed by atoms with E-state index in [9.17, 15) is 18.0 Å². The van der Waals surface area contributed by atoms with Crippen LogP contribution in [-0.2, 0) is 15.7 Å². The van der Waals surface area contributed by atoms with E-state index in [0.717, 1.165) is 29.6 Å². The number of pyridine rings is 1. The van der Waals surface area contributed by atoms with Crippen molar-refractivity contribution in [1.29, 1.82) is 0 Å². The highest BCUT2D eigenvalue weighted by atomic mass is 19.4. The van der Waals surface area contributed by atoms with Gasteiger partial charge in [-0.3, -0.25) is 9.78 Å². The molecule has 4 heterocycles. The second-order valence-corrected chi connectivity index (χ2v) is 9.59. The summed E-state index contributed by atoms with van der Waals surface area (Å²) in [5.41, 5.74) is 2.02. The van der Waals surface area contributed by atoms with Crippen molar-refractivity contribution in [3.05, 3.63) is 53.3 Å². The van der Waals surface area contributed by atoms with E-state index in [0.29, 0.717) is 62.0 Å². The molecule has 1 N–H and O–H groups in total. The van der Waals surface area contributed by atoms with Gasteiger partial charge < -0.3 is 19.9 Å². The number of nitrogens with one attached hydrogen (secondary N) is 1. The fraction of sp³-hybridized carbons (Fsp3) is 0.462. The maximum Gasteiger partial charge on any atom is 0.416 e. The highest BCUT2D eigenvalue weighted by Crippen LogP contribution is 2.33. The molecule has 1 aromatic carbocycles. The van der Waals surface area contributed by atoms with Gasteiger partial charge in [-0.15, -0.1) is 5.10 Å². The number of amides is 1. The van der Waals surface area contributed by atoms with Crippen LogP contribution in [0.3, 0.4) is 0 Å². The molecule has 196 valence electrons. The van der Waals surface area contributed by atoms with Crippen molar-refractivity contribution >= 4 is 28.3 Å². The quantitative estimate of drug-likeness (QED) is 0.546. The number of benzene rings is 1. The smallest absolute Gasteiger partial charge is 0.381 e. The highest BCUT2D eigenvalue weighted by molar-refractivity contribution is 5.92. The lowest BCUT2D eigenvalue weighted by molar-refractivity contribution is -0.137. The number of rotatable bonds is 5. The predicted molar refractivity (Wildman–Crippen MR) is 133 cm³/mol. The van der Waals surface area contributed by atoms with E-state index < -0.39 is 17.8 Å². The summed E-state index contributed by atoms with van der Waals surface area (Å²) in [6.07, 6.45) is -1.84. The zero-order chi connectivity index (χ0) is 26.2. The van der Waals surface area contributed by atoms with E-state index >= 15 is 0 Å². The third kappa shape index (κ3) is 5.31. The molecule has 5 rings (SSSR count). The van der Waals surface area contributed by atoms with Crippen LogP contribution < -0.4 is 10.2 Å². The molecule has 1 unspecified atom stereocenters. The Labute approximate surface area is 212 Å². The molecule has 0 aliphatic carbocycles. The lowest BCUT2D eigenvalue weighted by Gasteiger charge is -2.37. The van der Waals surface area contributed by atoms with Crippen molar-refractivity contribution in [1.82, 2.24) is 20.1 Å². The minimum absolute atomic E-state index is 0.0390. The van der Waals surface area contributed by atoms with E-state index in [2.05, 4.69) is 25.4 Å². The Hall–Kier alpha value is -3.47. The average molecular weight is 515 g/mol. The van der Waals surface area contributed by atoms with Crippen LogP contribution in [0, 0.1) is 12.8 Å². The number of alkyl halides is 3. The Morgan fingerprint density at radius 3 is 2.65 bits per heavy atom. The van der Waals surface area contributed by atoms with Gasteiger partial charge in [0, 0.05) is 38.2 Å². The van der Waals surface area contributed by atoms with Crippen LogP contribution in [0.25, 0.3) is 10.9 Å². The summed E-state index contributed by atoms with van der Waals surface area (Å²) < 4.78 is 45.0. The topological polar surface area (TPSA) is 83.5 Å². The van der Waals surface area contributed by atoms with Gasteiger partial charge in [-0.1, -0.05) is 12.1 Å². The number of ether oxygens (including phenoxy) is 1. The van der Waals surface area contributed by atoms with Gasteiger partial charge in [0.25, 0.3) is 0 Å². The molecule has 8 nitrogen and oxygen atoms in total. The summed E-state index contributed by atoms with van der Waals surface area (Å²) in [5.74, 6) is 0.576. The molecule has 2 saturated heterocycles. The molecule has 2 fully saturated rings. The van der Waals surface area contributed by atoms with Crippen molar-refractivity contribution in [3.63, 3.8) is 0 Å². The molecule has 2 aromatic heterocycles. The minimum Gasteiger partial charge on any atom is -0.381 e. The number of fused-ring (bicyclic) bond motifs is 1. The van der Waals surface area contributed by atoms with E-state index in [1.807, 2.05) is 17.9 Å². The predicted octanol–water partition coefficient (Wildman–Crippen LogP) is 4.21. The summed E-state index contributed by atoms with van der Waals surface area (Å²) in [7, 11) is 0. The van der Waals surface area contributed by atoms with Gasteiger partial charge in [-0.25, -0.2) is 0 Å². The highest BCUT2D eigenvalue weighted by Gasteiger charge is 2.31. The number of hydrogen-bond acceptors (Lipinski definition) is 7. The Morgan fingerprint density at radius 1 is 1.16 bits per heavy atom. The maximum absolute atomic E-state index is 13.2. The standard InChI is InChI=1S/C26H29F3N6O2/c1-16(18-4-3-5-20(12-18)26(27,28)29)31-24-22-13-21(14-30-23(22)17(2)32-33-24)34-7-9-35(10-8-34)25(36)19-6-11-37-15-19/h3-5,12-14,16,19H,6-11,15H2,1-2H3,(H,31,33)/t16-,19?/m1/s1. The summed E-state index contributed by atoms with van der Waals surface area (Å²) in [4.78, 5) is 21.4. The number of piperazine rings is 1. The Bertz CT molecular complexity index is 1290. The van der Waals surface area contributed by atoms with Crippen LogP contribution in [0.5, 0.6) is 0 Å². The molecule has 11 heteroatoms. The Kier molecular flexibility index (Phi) is 6.89. The number of nitrogens with zero attached hydrogens (tertiary/aromatic N) is 5. The van der Waals surface area contributed by atoms with Crippen LogP contribution in [0.4, 0.5) is 24.7 Å². The fourth-order valence-corrected chi connectivity index (χ4v) is 4.87. The van der Waals surface area contributed by atoms with E-state index in [-0.39, 0.29) is 11.8 Å². The second kappa shape index (κ2) is 10.1. The second-order valence-electron chi connectivity index (χ2n) is 9.59. The number of aromatic nitrogens is 3. The van der Waals surface area contributed by atoms with Crippen molar-refractivity contribution in [2.75, 3.05) is 49.6 Å². The van der Waals surface area contributed by atoms with Crippen LogP contribution in [0.1, 0.15) is 36.2 Å². The van der Waals surface area contributed by atoms with Gasteiger partial charge in [0.05, 0.1) is 47.2 Å². The summed E-state index contributed by atoms with van der Waals surface area (Å²) in [5, 5.41) is 12.5. The number of carbonyl (C=O) groups excluding carboxylic acids is 1. The van der Waals surface area contributed by atoms with Gasteiger partial charge in [-0.05, 0) is 44.0 Å². The SMILES string of the molecule is Cc1nnc(N[C@H](C)c2cccc(C(F)(F)F)c2)c2cc(N3CCN(C(=O)C4CCOC4)CC3)cnc12. The number of hydrogen-bond donors (Lipinski definition) is 1. The molecule has 0 bridgehead atoms. The van der Waals surface area contributed by atoms with Crippen molar-refractivity contribution in [2.45, 2.75) is 32.5 Å². The lowest BCUT2D eigenvalue weighted by Crippen LogP contribution is -2.50. The van der Waals surface area contributed by atoms with Gasteiger partial charge in [0.2, 0.25) is 5.91 Å². The van der Waals surface area contributed by atoms with Crippen LogP contribution in [-0.4, -0.2) is 65.4 Å². The number of carbonyl (C=O) groups is 1. The summed E-state index contributed by atoms with van der Waals surface area (Å²) in [6.45, 7) is 7.34. The van der Waals surface area contributed by atoms with Crippen molar-refractivity contribution in [3.8, 4) is 0 Å². The Balaban J connectivity index is 1.35. The van der Waals surface area contributed by atoms with Gasteiger partial charge in [-0.2, -0.15) is 18.3 Å². The molecule has 0 saturated carbocycles. The number of halogens is 3. The van der Waals surface area contributed by atoms with Gasteiger partial charge in [0.1, 0.15) is 0 Å². The summed E-state index contributed by atoms with van der Waals surface area (Å²) in [6, 6.07) is 6.79. The first-order chi connectivity index (χ1) is 17.7. The van der Waals surface area contributed by atoms with Gasteiger partial charge in [0.15, 0.2) is 5.82 Å². The van der Waals surface area contributed by atoms with E-state index in [1.165, 1.54) is 6.07 Å². The monoisotopic (exact) mass is 514 g/mol. The van der Waals surface area contributed by atoms with E-state index in [1.54, 1.807) is 19.2 Å². The third-order valence-electron chi connectivity index (χ3n) is 7.07. The van der Waals surface area contributed by atoms with Crippen LogP contribution >= 0.6 is 0 Å². The fourth-order valence-electron chi connectivity index (χ4n) is 4.87. The molecule has 1 amide bonds. The molecule has 0 radical (unpaired) electrons. The van der Waals surface area contributed by atoms with Gasteiger partial charge >= 0.3 is 6.18 Å². The molecular weight excluding hydrogens is 485 g/mol. The Morgan fingerprint density at radius 2 is 1.95 bits per heavy atom. The maximum atomic E-state index is 13.2. The zero-order valence-electron chi connectivity index (χ0n) is 20.8. The van der Waals surface area contributed by atoms with E-state index in [4.69, 9.17) is 4.74 Å².